The molecule has 2 aromatic heterocycles. The quantitative estimate of drug-likeness (QED) is 0.416. The first-order chi connectivity index (χ1) is 16.8. The van der Waals surface area contributed by atoms with Crippen LogP contribution in [0.15, 0.2) is 41.3 Å². The maximum Gasteiger partial charge on any atom is 0.254 e. The number of rotatable bonds is 8. The Bertz CT molecular complexity index is 1290. The topological polar surface area (TPSA) is 150 Å². The Morgan fingerprint density at radius 2 is 2.29 bits per heavy atom. The van der Waals surface area contributed by atoms with Gasteiger partial charge in [-0.3, -0.25) is 19.2 Å². The van der Waals surface area contributed by atoms with Crippen LogP contribution in [0.1, 0.15) is 28.8 Å². The first-order valence-electron chi connectivity index (χ1n) is 10.7. The zero-order chi connectivity index (χ0) is 25.2. The van der Waals surface area contributed by atoms with Gasteiger partial charge in [0.25, 0.3) is 5.91 Å². The molecule has 0 spiro atoms. The number of hydrogen-bond acceptors (Lipinski definition) is 7. The van der Waals surface area contributed by atoms with Crippen molar-refractivity contribution in [3.63, 3.8) is 0 Å². The molecule has 35 heavy (non-hydrogen) atoms. The number of phenols is 1. The second-order valence-corrected chi connectivity index (χ2v) is 8.33. The predicted octanol–water partition coefficient (Wildman–Crippen LogP) is 2.51. The molecule has 0 bridgehead atoms. The molecule has 1 aliphatic heterocycles. The van der Waals surface area contributed by atoms with Crippen molar-refractivity contribution in [3.05, 3.63) is 53.9 Å². The minimum Gasteiger partial charge on any atom is -0.507 e. The van der Waals surface area contributed by atoms with E-state index in [1.54, 1.807) is 11.0 Å². The minimum absolute atomic E-state index is 0.0255. The third-order valence-corrected chi connectivity index (χ3v) is 6.27. The van der Waals surface area contributed by atoms with Crippen LogP contribution in [0.4, 0.5) is 14.6 Å². The molecule has 1 aliphatic rings. The molecule has 1 saturated heterocycles. The third kappa shape index (κ3) is 4.45. The number of furan rings is 1. The summed E-state index contributed by atoms with van der Waals surface area (Å²) in [6.45, 7) is 0.138. The van der Waals surface area contributed by atoms with Gasteiger partial charge in [0.05, 0.1) is 25.0 Å². The number of phenolic OH excluding ortho intramolecular Hbond substituents is 1. The van der Waals surface area contributed by atoms with Crippen LogP contribution in [0, 0.1) is 17.1 Å². The fourth-order valence-corrected chi connectivity index (χ4v) is 4.38. The average molecular weight is 484 g/mol. The smallest absolute Gasteiger partial charge is 0.254 e. The minimum atomic E-state index is -1.62. The summed E-state index contributed by atoms with van der Waals surface area (Å²) in [6, 6.07) is 6.06. The fraction of sp³-hybridized carbons (Fsp3) is 0.304. The molecule has 3 aromatic rings. The van der Waals surface area contributed by atoms with Gasteiger partial charge < -0.3 is 20.6 Å². The number of carbonyl (C=O) groups excluding carboxylic acids is 2. The van der Waals surface area contributed by atoms with Gasteiger partial charge in [0.2, 0.25) is 6.41 Å². The highest BCUT2D eigenvalue weighted by atomic mass is 19.1. The number of likely N-dealkylation sites (tertiary alicyclic amines) is 1. The van der Waals surface area contributed by atoms with Crippen molar-refractivity contribution in [2.45, 2.75) is 31.1 Å². The van der Waals surface area contributed by atoms with Crippen molar-refractivity contribution in [1.82, 2.24) is 14.7 Å². The summed E-state index contributed by atoms with van der Waals surface area (Å²) in [5, 5.41) is 26.2. The monoisotopic (exact) mass is 484 g/mol. The number of piperidine rings is 1. The number of carbonyl (C=O) groups is 2. The lowest BCUT2D eigenvalue weighted by Gasteiger charge is -2.43. The van der Waals surface area contributed by atoms with E-state index in [9.17, 15) is 24.3 Å². The van der Waals surface area contributed by atoms with Crippen molar-refractivity contribution in [3.8, 4) is 22.9 Å². The first-order valence-corrected chi connectivity index (χ1v) is 10.7. The Labute approximate surface area is 198 Å². The average Bonchev–Trinajstić information content (AvgIpc) is 3.49. The maximum absolute atomic E-state index is 15.7. The molecule has 3 heterocycles. The maximum atomic E-state index is 15.7. The van der Waals surface area contributed by atoms with Gasteiger partial charge in [0.15, 0.2) is 5.82 Å². The Morgan fingerprint density at radius 3 is 2.91 bits per heavy atom. The summed E-state index contributed by atoms with van der Waals surface area (Å²) in [5.41, 5.74) is 4.80. The van der Waals surface area contributed by atoms with E-state index in [0.29, 0.717) is 12.0 Å². The number of nitrogens with one attached hydrogen (secondary N) is 1. The van der Waals surface area contributed by atoms with Crippen LogP contribution >= 0.6 is 0 Å². The largest absolute Gasteiger partial charge is 0.507 e. The second kappa shape index (κ2) is 9.55. The molecule has 4 rings (SSSR count). The SMILES string of the molecule is N#CCC1(n2cc(C(N)=O)c(NC=O)n2)CCN(Cc2cc(O)c(-c3ccoc3)cc2F)CC1F. The lowest BCUT2D eigenvalue weighted by Crippen LogP contribution is -2.54. The van der Waals surface area contributed by atoms with Crippen LogP contribution in [0.2, 0.25) is 0 Å². The number of nitrogens with zero attached hydrogens (tertiary/aromatic N) is 4. The Hall–Kier alpha value is -4.24. The number of nitriles is 1. The van der Waals surface area contributed by atoms with Crippen molar-refractivity contribution in [2.24, 2.45) is 5.73 Å². The number of halogens is 2. The van der Waals surface area contributed by atoms with E-state index in [1.165, 1.54) is 35.5 Å². The summed E-state index contributed by atoms with van der Waals surface area (Å²) < 4.78 is 36.6. The lowest BCUT2D eigenvalue weighted by molar-refractivity contribution is -0.105. The van der Waals surface area contributed by atoms with Gasteiger partial charge >= 0.3 is 0 Å². The van der Waals surface area contributed by atoms with Gasteiger partial charge in [0.1, 0.15) is 28.8 Å². The number of anilines is 1. The lowest BCUT2D eigenvalue weighted by atomic mass is 9.83. The number of benzene rings is 1. The van der Waals surface area contributed by atoms with Gasteiger partial charge in [-0.05, 0) is 24.6 Å². The molecular formula is C23H22F2N6O4. The van der Waals surface area contributed by atoms with Crippen molar-refractivity contribution in [2.75, 3.05) is 18.4 Å². The van der Waals surface area contributed by atoms with Gasteiger partial charge in [-0.1, -0.05) is 0 Å². The van der Waals surface area contributed by atoms with Crippen LogP contribution in [-0.2, 0) is 16.9 Å². The van der Waals surface area contributed by atoms with Gasteiger partial charge in [-0.2, -0.15) is 10.4 Å². The normalized spacial score (nSPS) is 20.3. The van der Waals surface area contributed by atoms with E-state index in [-0.39, 0.29) is 60.7 Å². The van der Waals surface area contributed by atoms with Crippen LogP contribution in [-0.4, -0.2) is 51.4 Å². The summed E-state index contributed by atoms with van der Waals surface area (Å²) >= 11 is 0. The number of nitrogens with two attached hydrogens (primary N) is 1. The summed E-state index contributed by atoms with van der Waals surface area (Å²) in [6.07, 6.45) is 2.57. The zero-order valence-corrected chi connectivity index (χ0v) is 18.4. The van der Waals surface area contributed by atoms with E-state index >= 15 is 4.39 Å². The third-order valence-electron chi connectivity index (χ3n) is 6.27. The number of hydrogen-bond donors (Lipinski definition) is 3. The predicted molar refractivity (Wildman–Crippen MR) is 119 cm³/mol. The molecule has 182 valence electrons. The molecule has 4 N–H and O–H groups in total. The number of primary amides is 1. The molecule has 1 aromatic carbocycles. The number of alkyl halides is 1. The molecule has 0 saturated carbocycles. The number of amides is 2. The van der Waals surface area contributed by atoms with Crippen LogP contribution in [0.5, 0.6) is 5.75 Å². The molecule has 10 nitrogen and oxygen atoms in total. The molecule has 0 radical (unpaired) electrons. The van der Waals surface area contributed by atoms with E-state index in [0.717, 1.165) is 0 Å². The fourth-order valence-electron chi connectivity index (χ4n) is 4.38. The summed E-state index contributed by atoms with van der Waals surface area (Å²) in [4.78, 5) is 24.3. The van der Waals surface area contributed by atoms with Crippen LogP contribution < -0.4 is 11.1 Å². The summed E-state index contributed by atoms with van der Waals surface area (Å²) in [5.74, 6) is -1.70. The van der Waals surface area contributed by atoms with Gasteiger partial charge in [0, 0.05) is 42.5 Å². The highest BCUT2D eigenvalue weighted by Crippen LogP contribution is 2.38. The Morgan fingerprint density at radius 1 is 1.49 bits per heavy atom. The van der Waals surface area contributed by atoms with E-state index < -0.39 is 23.4 Å². The Kier molecular flexibility index (Phi) is 6.52. The zero-order valence-electron chi connectivity index (χ0n) is 18.4. The van der Waals surface area contributed by atoms with E-state index in [1.807, 2.05) is 6.07 Å². The molecular weight excluding hydrogens is 462 g/mol. The number of aromatic nitrogens is 2. The van der Waals surface area contributed by atoms with E-state index in [2.05, 4.69) is 10.4 Å². The Balaban J connectivity index is 1.57. The molecule has 12 heteroatoms. The van der Waals surface area contributed by atoms with Crippen molar-refractivity contribution < 1.29 is 27.9 Å². The second-order valence-electron chi connectivity index (χ2n) is 8.33. The molecule has 1 fully saturated rings. The first kappa shape index (κ1) is 23.9. The van der Waals surface area contributed by atoms with Crippen LogP contribution in [0.3, 0.4) is 0 Å². The van der Waals surface area contributed by atoms with E-state index in [4.69, 9.17) is 10.2 Å². The van der Waals surface area contributed by atoms with Gasteiger partial charge in [-0.25, -0.2) is 8.78 Å². The van der Waals surface area contributed by atoms with Crippen LogP contribution in [0.25, 0.3) is 11.1 Å². The number of aromatic hydroxyl groups is 1. The molecule has 2 amide bonds. The molecule has 2 unspecified atom stereocenters. The van der Waals surface area contributed by atoms with Gasteiger partial charge in [-0.15, -0.1) is 0 Å². The highest BCUT2D eigenvalue weighted by Gasteiger charge is 2.46. The molecule has 2 atom stereocenters. The summed E-state index contributed by atoms with van der Waals surface area (Å²) in [7, 11) is 0. The molecule has 0 aliphatic carbocycles. The standard InChI is InChI=1S/C23H22F2N6O4/c24-18-8-16(14-1-6-35-12-14)19(33)7-15(18)9-30-5-3-23(2-4-26,20(25)11-30)31-10-17(21(27)34)22(29-31)28-13-32/h1,6-8,10,12-13,20,33H,2-3,5,9,11H2,(H2,27,34)(H,28,29,32). The van der Waals surface area contributed by atoms with Crippen molar-refractivity contribution in [1.29, 1.82) is 5.26 Å². The van der Waals surface area contributed by atoms with Crippen molar-refractivity contribution >= 4 is 18.1 Å². The highest BCUT2D eigenvalue weighted by molar-refractivity contribution is 5.99.